The van der Waals surface area contributed by atoms with Crippen LogP contribution in [0.5, 0.6) is 0 Å². The SMILES string of the molecule is NC1=N[C@H]2O[C@H]3N=C(N)N[C@@]3(O)[C@@H]3[C@H](CNC(=O)c4cc(Br)c(Br)[nH]4)[C@@H](CNC(=O)c4cc(Br)c(Br)[nH]4)[C@H](O[C@H]4[C@H](CNC(=O)c5cc(Br)c(Br)[nH]5)[C@@H](CNC(=O)c5cc(Br)c(Br)[nH]5)[C@@H]5[C@]6(O)NC(N)=N[C@@H]6OC6N=C(N)N[C@@]654)C32N1.O=C(O)C(F)(F)F. The van der Waals surface area contributed by atoms with Gasteiger partial charge in [0, 0.05) is 49.9 Å². The fraction of sp³-hybridized carbons (Fsp3) is 0.457. The van der Waals surface area contributed by atoms with E-state index in [-0.39, 0.29) is 72.8 Å². The lowest BCUT2D eigenvalue weighted by molar-refractivity contribution is -0.265. The van der Waals surface area contributed by atoms with Crippen LogP contribution in [-0.2, 0) is 19.0 Å². The second kappa shape index (κ2) is 23.6. The van der Waals surface area contributed by atoms with Crippen molar-refractivity contribution in [1.82, 2.24) is 62.5 Å². The van der Waals surface area contributed by atoms with Crippen LogP contribution >= 0.6 is 127 Å². The van der Waals surface area contributed by atoms with Crippen molar-refractivity contribution < 1.29 is 66.7 Å². The van der Waals surface area contributed by atoms with Gasteiger partial charge < -0.3 is 115 Å². The molecular weight excluding hydrogens is 1700 g/mol. The number of fused-ring (bicyclic) bond motifs is 4. The van der Waals surface area contributed by atoms with Crippen molar-refractivity contribution in [3.8, 4) is 0 Å². The Balaban J connectivity index is 0.00000108. The van der Waals surface area contributed by atoms with Crippen molar-refractivity contribution in [3.05, 3.63) is 83.3 Å². The second-order valence-corrected chi connectivity index (χ2v) is 28.0. The van der Waals surface area contributed by atoms with Crippen molar-refractivity contribution in [2.45, 2.75) is 65.8 Å². The van der Waals surface area contributed by atoms with Crippen LogP contribution in [0.3, 0.4) is 0 Å². The average molecular weight is 1750 g/mol. The molecule has 4 aromatic heterocycles. The Hall–Kier alpha value is -5.02. The largest absolute Gasteiger partial charge is 0.490 e. The van der Waals surface area contributed by atoms with Crippen LogP contribution in [-0.4, -0.2) is 181 Å². The molecule has 42 heteroatoms. The third-order valence-corrected chi connectivity index (χ3v) is 23.6. The first kappa shape index (κ1) is 64.5. The monoisotopic (exact) mass is 1740 g/mol. The molecule has 10 heterocycles. The van der Waals surface area contributed by atoms with E-state index in [4.69, 9.17) is 57.0 Å². The Morgan fingerprint density at radius 2 is 0.761 bits per heavy atom. The summed E-state index contributed by atoms with van der Waals surface area (Å²) < 4.78 is 57.2. The van der Waals surface area contributed by atoms with Crippen LogP contribution in [0, 0.1) is 35.5 Å². The minimum absolute atomic E-state index is 0.128. The number of nitrogens with zero attached hydrogens (tertiary/aromatic N) is 4. The number of alkyl halides is 3. The van der Waals surface area contributed by atoms with E-state index in [1.165, 1.54) is 0 Å². The Labute approximate surface area is 559 Å². The number of ether oxygens (including phenoxy) is 3. The highest BCUT2D eigenvalue weighted by molar-refractivity contribution is 9.14. The number of carbonyl (C=O) groups is 5. The zero-order chi connectivity index (χ0) is 63.6. The summed E-state index contributed by atoms with van der Waals surface area (Å²) in [5.41, 5.74) is 18.9. The van der Waals surface area contributed by atoms with Crippen molar-refractivity contribution in [3.63, 3.8) is 0 Å². The van der Waals surface area contributed by atoms with Gasteiger partial charge in [0.1, 0.15) is 33.9 Å². The standard InChI is InChI=1S/C44H46Br8N20O9.C2HF3O2/c45-13-1-17(61-25(13)49)29(73)57-5-9-11(7-59-31(75)19-3-15(47)27(51)63-19)23(41-21(9)43(77)35(67-39(55)71-43)80-33(41)65-37(53)69-41)79-24-12(8-60-32(76)20-4-16(48)28(52)64-20)10(6-58-30(74)18-2-14(46)26(50)62-18)22-42(24)34(66-38(54)70-42)81-36-44(22,78)72-40(56)68-36;3-2(4,5)1(6)7/h1-4,9-12,21-24,33-36,61-64,77-78H,5-8H2,(H,57,73)(H,58,74)(H,59,75)(H,60,76)(H3,53,65,69)(H3,54,66,70)(H3,55,67,71)(H3,56,68,72);(H,6,7)/t9-,10-,11-,12-,21-,22+,23+,24+,33+,34?,35-,36-,41?,42+,43-,44-;/m1./s1. The maximum Gasteiger partial charge on any atom is 0.490 e. The van der Waals surface area contributed by atoms with Gasteiger partial charge in [0.2, 0.25) is 12.5 Å². The summed E-state index contributed by atoms with van der Waals surface area (Å²) in [6.45, 7) is -0.919. The zero-order valence-corrected chi connectivity index (χ0v) is 56.6. The summed E-state index contributed by atoms with van der Waals surface area (Å²) in [4.78, 5) is 96.5. The molecule has 23 N–H and O–H groups in total. The van der Waals surface area contributed by atoms with Crippen molar-refractivity contribution in [2.24, 2.45) is 78.4 Å². The molecule has 2 unspecified atom stereocenters. The molecule has 6 aliphatic heterocycles. The molecule has 4 aromatic rings. The molecular formula is C46H47Br8F3N20O11. The molecule has 4 amide bonds. The summed E-state index contributed by atoms with van der Waals surface area (Å²) in [6, 6.07) is 6.32. The highest BCUT2D eigenvalue weighted by Gasteiger charge is 2.81. The topological polar surface area (TPSA) is 487 Å². The predicted octanol–water partition coefficient (Wildman–Crippen LogP) is 1.12. The van der Waals surface area contributed by atoms with E-state index in [1.807, 2.05) is 0 Å². The molecule has 12 rings (SSSR count). The smallest absolute Gasteiger partial charge is 0.475 e. The van der Waals surface area contributed by atoms with Crippen LogP contribution in [0.4, 0.5) is 13.2 Å². The molecule has 31 nitrogen and oxygen atoms in total. The van der Waals surface area contributed by atoms with E-state index in [0.717, 1.165) is 0 Å². The van der Waals surface area contributed by atoms with Gasteiger partial charge in [0.15, 0.2) is 47.7 Å². The zero-order valence-electron chi connectivity index (χ0n) is 43.9. The molecule has 16 atom stereocenters. The number of guanidine groups is 4. The molecule has 4 fully saturated rings. The second-order valence-electron chi connectivity index (χ2n) is 21.4. The molecule has 474 valence electrons. The van der Waals surface area contributed by atoms with Crippen LogP contribution in [0.25, 0.3) is 0 Å². The van der Waals surface area contributed by atoms with E-state index in [9.17, 15) is 42.6 Å². The number of carboxylic acid groups (broad SMARTS) is 1. The number of rotatable bonds is 14. The molecule has 2 aliphatic carbocycles. The fourth-order valence-electron chi connectivity index (χ4n) is 13.4. The van der Waals surface area contributed by atoms with E-state index < -0.39 is 131 Å². The lowest BCUT2D eigenvalue weighted by Crippen LogP contribution is -2.78. The first-order valence-corrected chi connectivity index (χ1v) is 32.1. The average Bonchev–Trinajstić information content (AvgIpc) is 1.50. The van der Waals surface area contributed by atoms with Gasteiger partial charge in [-0.25, -0.2) is 24.8 Å². The number of hydrogen-bond donors (Lipinski definition) is 19. The van der Waals surface area contributed by atoms with Gasteiger partial charge in [-0.15, -0.1) is 0 Å². The van der Waals surface area contributed by atoms with Crippen LogP contribution in [0.15, 0.2) is 80.5 Å². The molecule has 2 saturated heterocycles. The van der Waals surface area contributed by atoms with Gasteiger partial charge in [-0.3, -0.25) is 19.2 Å². The van der Waals surface area contributed by atoms with E-state index >= 15 is 0 Å². The highest BCUT2D eigenvalue weighted by atomic mass is 79.9. The van der Waals surface area contributed by atoms with Gasteiger partial charge in [-0.05, 0) is 164 Å². The fourth-order valence-corrected chi connectivity index (χ4v) is 16.0. The van der Waals surface area contributed by atoms with E-state index in [2.05, 4.69) is 200 Å². The Kier molecular flexibility index (Phi) is 17.3. The van der Waals surface area contributed by atoms with Gasteiger partial charge in [-0.2, -0.15) is 13.2 Å². The van der Waals surface area contributed by atoms with Gasteiger partial charge >= 0.3 is 12.1 Å². The summed E-state index contributed by atoms with van der Waals surface area (Å²) in [5.74, 6) is -11.9. The van der Waals surface area contributed by atoms with E-state index in [1.54, 1.807) is 24.3 Å². The number of hydrogen-bond acceptors (Lipinski definition) is 22. The highest BCUT2D eigenvalue weighted by Crippen LogP contribution is 2.63. The van der Waals surface area contributed by atoms with Crippen molar-refractivity contribution in [2.75, 3.05) is 26.2 Å². The van der Waals surface area contributed by atoms with Gasteiger partial charge in [-0.1, -0.05) is 0 Å². The number of aliphatic hydroxyl groups is 2. The maximum absolute atomic E-state index is 14.4. The minimum atomic E-state index is -5.08. The number of halogens is 11. The lowest BCUT2D eigenvalue weighted by atomic mass is 9.70. The maximum atomic E-state index is 14.4. The van der Waals surface area contributed by atoms with E-state index in [0.29, 0.717) is 36.3 Å². The van der Waals surface area contributed by atoms with Gasteiger partial charge in [0.05, 0.1) is 48.5 Å². The predicted molar refractivity (Wildman–Crippen MR) is 329 cm³/mol. The number of carbonyl (C=O) groups excluding carboxylic acids is 4. The molecule has 88 heavy (non-hydrogen) atoms. The normalized spacial score (nSPS) is 33.6. The van der Waals surface area contributed by atoms with Crippen LogP contribution < -0.4 is 65.5 Å². The lowest BCUT2D eigenvalue weighted by Gasteiger charge is -2.54. The minimum Gasteiger partial charge on any atom is -0.475 e. The molecule has 0 aromatic carbocycles. The Bertz CT molecular complexity index is 3380. The molecule has 8 aliphatic rings. The van der Waals surface area contributed by atoms with Crippen molar-refractivity contribution >= 4 is 181 Å². The number of aliphatic carboxylic acids is 1. The number of nitrogens with two attached hydrogens (primary N) is 4. The first-order chi connectivity index (χ1) is 41.3. The number of amides is 4. The number of H-pyrrole nitrogens is 4. The number of aromatic amines is 4. The van der Waals surface area contributed by atoms with Crippen LogP contribution in [0.2, 0.25) is 0 Å². The number of aromatic nitrogens is 4. The number of carboxylic acids is 1. The molecule has 0 radical (unpaired) electrons. The third kappa shape index (κ3) is 11.0. The third-order valence-electron chi connectivity index (χ3n) is 16.5. The summed E-state index contributed by atoms with van der Waals surface area (Å²) >= 11 is 27.4. The Morgan fingerprint density at radius 1 is 0.500 bits per heavy atom. The quantitative estimate of drug-likeness (QED) is 0.0841. The summed E-state index contributed by atoms with van der Waals surface area (Å²) in [5, 5.41) is 58.6. The molecule has 0 bridgehead atoms. The molecule has 2 spiro atoms. The number of aliphatic imine (C=N–C) groups is 4. The van der Waals surface area contributed by atoms with Crippen LogP contribution in [0.1, 0.15) is 42.0 Å². The molecule has 2 saturated carbocycles. The summed E-state index contributed by atoms with van der Waals surface area (Å²) in [7, 11) is 0. The Morgan fingerprint density at radius 3 is 1.02 bits per heavy atom. The first-order valence-electron chi connectivity index (χ1n) is 25.8. The number of nitrogens with one attached hydrogen (secondary N) is 12. The summed E-state index contributed by atoms with van der Waals surface area (Å²) in [6.07, 6.45) is -13.3. The van der Waals surface area contributed by atoms with Crippen molar-refractivity contribution in [1.29, 1.82) is 0 Å². The van der Waals surface area contributed by atoms with Gasteiger partial charge in [0.25, 0.3) is 23.6 Å².